The van der Waals surface area contributed by atoms with E-state index >= 15 is 0 Å². The Morgan fingerprint density at radius 3 is 1.90 bits per heavy atom. The van der Waals surface area contributed by atoms with Crippen LogP contribution in [0.5, 0.6) is 0 Å². The SMILES string of the molecule is CC(=O)NC1[C@H](O[C@H]2C(CO)O[C@@H](O)C(NC(C)=O)[C@H]2O)OC(CO)[C@@H](O)[C@@H]1O. The molecule has 4 unspecified atom stereocenters. The molecule has 0 aromatic heterocycles. The van der Waals surface area contributed by atoms with Crippen molar-refractivity contribution in [3.8, 4) is 0 Å². The van der Waals surface area contributed by atoms with E-state index in [2.05, 4.69) is 10.6 Å². The molecule has 29 heavy (non-hydrogen) atoms. The van der Waals surface area contributed by atoms with Crippen LogP contribution in [0, 0.1) is 0 Å². The Balaban J connectivity index is 2.26. The fraction of sp³-hybridized carbons (Fsp3) is 0.875. The summed E-state index contributed by atoms with van der Waals surface area (Å²) in [7, 11) is 0. The first-order valence-corrected chi connectivity index (χ1v) is 9.05. The summed E-state index contributed by atoms with van der Waals surface area (Å²) >= 11 is 0. The number of ether oxygens (including phenoxy) is 3. The van der Waals surface area contributed by atoms with Gasteiger partial charge < -0.3 is 55.5 Å². The van der Waals surface area contributed by atoms with Gasteiger partial charge in [-0.2, -0.15) is 0 Å². The maximum absolute atomic E-state index is 11.5. The third-order valence-corrected chi connectivity index (χ3v) is 4.78. The number of hydrogen-bond donors (Lipinski definition) is 8. The lowest BCUT2D eigenvalue weighted by Gasteiger charge is -2.47. The number of hydrogen-bond acceptors (Lipinski definition) is 11. The van der Waals surface area contributed by atoms with Crippen molar-refractivity contribution in [1.29, 1.82) is 0 Å². The van der Waals surface area contributed by atoms with Gasteiger partial charge in [-0.25, -0.2) is 0 Å². The normalized spacial score (nSPS) is 42.9. The van der Waals surface area contributed by atoms with Crippen molar-refractivity contribution < 1.29 is 54.4 Å². The van der Waals surface area contributed by atoms with Crippen LogP contribution in [0.25, 0.3) is 0 Å². The molecule has 0 radical (unpaired) electrons. The molecular weight excluding hydrogens is 396 g/mol. The van der Waals surface area contributed by atoms with Crippen LogP contribution < -0.4 is 10.6 Å². The predicted octanol–water partition coefficient (Wildman–Crippen LogP) is -5.11. The molecule has 0 bridgehead atoms. The highest BCUT2D eigenvalue weighted by Crippen LogP contribution is 2.28. The maximum Gasteiger partial charge on any atom is 0.217 e. The molecule has 0 aromatic carbocycles. The average Bonchev–Trinajstić information content (AvgIpc) is 2.65. The molecule has 0 spiro atoms. The van der Waals surface area contributed by atoms with Crippen molar-refractivity contribution in [2.45, 2.75) is 75.1 Å². The lowest BCUT2D eigenvalue weighted by Crippen LogP contribution is -2.69. The van der Waals surface area contributed by atoms with E-state index in [1.807, 2.05) is 0 Å². The van der Waals surface area contributed by atoms with Gasteiger partial charge in [0.25, 0.3) is 0 Å². The van der Waals surface area contributed by atoms with Gasteiger partial charge in [-0.3, -0.25) is 9.59 Å². The van der Waals surface area contributed by atoms with E-state index in [-0.39, 0.29) is 0 Å². The molecule has 2 rings (SSSR count). The lowest BCUT2D eigenvalue weighted by molar-refractivity contribution is -0.327. The molecule has 13 nitrogen and oxygen atoms in total. The molecule has 2 heterocycles. The van der Waals surface area contributed by atoms with Gasteiger partial charge >= 0.3 is 0 Å². The van der Waals surface area contributed by atoms with Crippen LogP contribution in [0.15, 0.2) is 0 Å². The van der Waals surface area contributed by atoms with Crippen LogP contribution in [0.2, 0.25) is 0 Å². The zero-order valence-corrected chi connectivity index (χ0v) is 15.9. The van der Waals surface area contributed by atoms with E-state index in [9.17, 15) is 40.2 Å². The summed E-state index contributed by atoms with van der Waals surface area (Å²) in [6.07, 6.45) is -11.7. The van der Waals surface area contributed by atoms with Crippen molar-refractivity contribution in [3.63, 3.8) is 0 Å². The van der Waals surface area contributed by atoms with Crippen LogP contribution in [0.4, 0.5) is 0 Å². The smallest absolute Gasteiger partial charge is 0.217 e. The van der Waals surface area contributed by atoms with Gasteiger partial charge in [0.1, 0.15) is 48.7 Å². The molecule has 0 saturated carbocycles. The van der Waals surface area contributed by atoms with Gasteiger partial charge in [-0.15, -0.1) is 0 Å². The molecule has 10 atom stereocenters. The number of amides is 2. The number of carbonyl (C=O) groups is 2. The second-order valence-corrected chi connectivity index (χ2v) is 7.00. The van der Waals surface area contributed by atoms with Crippen LogP contribution in [-0.2, 0) is 23.8 Å². The van der Waals surface area contributed by atoms with E-state index in [1.54, 1.807) is 0 Å². The molecule has 2 amide bonds. The van der Waals surface area contributed by atoms with Crippen LogP contribution in [0.3, 0.4) is 0 Å². The Morgan fingerprint density at radius 1 is 0.828 bits per heavy atom. The van der Waals surface area contributed by atoms with Crippen LogP contribution in [-0.4, -0.2) is 117 Å². The van der Waals surface area contributed by atoms with Crippen molar-refractivity contribution in [3.05, 3.63) is 0 Å². The third kappa shape index (κ3) is 5.39. The Kier molecular flexibility index (Phi) is 8.28. The summed E-state index contributed by atoms with van der Waals surface area (Å²) < 4.78 is 16.3. The molecule has 2 aliphatic heterocycles. The summed E-state index contributed by atoms with van der Waals surface area (Å²) in [5.74, 6) is -1.14. The second kappa shape index (κ2) is 10.1. The van der Waals surface area contributed by atoms with E-state index in [0.717, 1.165) is 13.8 Å². The average molecular weight is 424 g/mol. The molecule has 8 N–H and O–H groups in total. The summed E-state index contributed by atoms with van der Waals surface area (Å²) in [6, 6.07) is -2.59. The zero-order chi connectivity index (χ0) is 21.9. The quantitative estimate of drug-likeness (QED) is 0.202. The van der Waals surface area contributed by atoms with E-state index < -0.39 is 86.3 Å². The monoisotopic (exact) mass is 424 g/mol. The molecule has 2 saturated heterocycles. The minimum absolute atomic E-state index is 0.568. The topological polar surface area (TPSA) is 207 Å². The first kappa shape index (κ1) is 23.9. The lowest BCUT2D eigenvalue weighted by atomic mass is 9.94. The minimum atomic E-state index is -1.64. The standard InChI is InChI=1S/C16H28N2O11/c1-5(21)17-9-13(25)14(8(4-20)27-15(9)26)29-16-10(18-6(2)22)12(24)11(23)7(3-19)28-16/h7-16,19-20,23-26H,3-4H2,1-2H3,(H,17,21)(H,18,22)/t7?,8?,9?,10?,11-,12-,13-,14+,15-,16+/m1/s1. The molecule has 168 valence electrons. The molecule has 2 aliphatic rings. The van der Waals surface area contributed by atoms with Crippen molar-refractivity contribution in [2.75, 3.05) is 13.2 Å². The van der Waals surface area contributed by atoms with E-state index in [1.165, 1.54) is 0 Å². The fourth-order valence-corrected chi connectivity index (χ4v) is 3.38. The summed E-state index contributed by atoms with van der Waals surface area (Å²) in [6.45, 7) is 0.962. The highest BCUT2D eigenvalue weighted by molar-refractivity contribution is 5.73. The Labute approximate surface area is 166 Å². The van der Waals surface area contributed by atoms with Crippen LogP contribution >= 0.6 is 0 Å². The van der Waals surface area contributed by atoms with Gasteiger partial charge in [-0.05, 0) is 0 Å². The highest BCUT2D eigenvalue weighted by atomic mass is 16.7. The molecule has 0 aromatic rings. The van der Waals surface area contributed by atoms with Gasteiger partial charge in [-0.1, -0.05) is 0 Å². The van der Waals surface area contributed by atoms with Gasteiger partial charge in [0.15, 0.2) is 12.6 Å². The number of rotatable bonds is 6. The first-order chi connectivity index (χ1) is 13.6. The Bertz CT molecular complexity index is 579. The van der Waals surface area contributed by atoms with Gasteiger partial charge in [0, 0.05) is 13.8 Å². The van der Waals surface area contributed by atoms with E-state index in [0.29, 0.717) is 0 Å². The molecule has 0 aliphatic carbocycles. The van der Waals surface area contributed by atoms with Gasteiger partial charge in [0.05, 0.1) is 13.2 Å². The zero-order valence-electron chi connectivity index (χ0n) is 15.9. The number of aliphatic hydroxyl groups is 6. The fourth-order valence-electron chi connectivity index (χ4n) is 3.38. The minimum Gasteiger partial charge on any atom is -0.394 e. The number of aliphatic hydroxyl groups excluding tert-OH is 6. The maximum atomic E-state index is 11.5. The number of carbonyl (C=O) groups excluding carboxylic acids is 2. The first-order valence-electron chi connectivity index (χ1n) is 9.05. The predicted molar refractivity (Wildman–Crippen MR) is 91.8 cm³/mol. The second-order valence-electron chi connectivity index (χ2n) is 7.00. The summed E-state index contributed by atoms with van der Waals surface area (Å²) in [4.78, 5) is 22.8. The highest BCUT2D eigenvalue weighted by Gasteiger charge is 2.51. The Morgan fingerprint density at radius 2 is 1.38 bits per heavy atom. The summed E-state index contributed by atoms with van der Waals surface area (Å²) in [5, 5.41) is 64.5. The largest absolute Gasteiger partial charge is 0.394 e. The third-order valence-electron chi connectivity index (χ3n) is 4.78. The van der Waals surface area contributed by atoms with Crippen molar-refractivity contribution in [2.24, 2.45) is 0 Å². The van der Waals surface area contributed by atoms with E-state index in [4.69, 9.17) is 14.2 Å². The van der Waals surface area contributed by atoms with Gasteiger partial charge in [0.2, 0.25) is 11.8 Å². The molecule has 2 fully saturated rings. The Hall–Kier alpha value is -1.42. The molecule has 13 heteroatoms. The molecular formula is C16H28N2O11. The van der Waals surface area contributed by atoms with Crippen LogP contribution in [0.1, 0.15) is 13.8 Å². The van der Waals surface area contributed by atoms with Crippen molar-refractivity contribution >= 4 is 11.8 Å². The van der Waals surface area contributed by atoms with Crippen molar-refractivity contribution in [1.82, 2.24) is 10.6 Å². The summed E-state index contributed by atoms with van der Waals surface area (Å²) in [5.41, 5.74) is 0. The number of nitrogens with one attached hydrogen (secondary N) is 2.